The minimum Gasteiger partial charge on any atom is -0.457 e. The first kappa shape index (κ1) is 13.5. The Hall–Kier alpha value is -1.94. The van der Waals surface area contributed by atoms with Crippen molar-refractivity contribution in [3.8, 4) is 11.5 Å². The summed E-state index contributed by atoms with van der Waals surface area (Å²) < 4.78 is 32.1. The Bertz CT molecular complexity index is 584. The molecule has 0 amide bonds. The van der Waals surface area contributed by atoms with Gasteiger partial charge >= 0.3 is 0 Å². The molecule has 0 aliphatic carbocycles. The first-order valence-corrected chi connectivity index (χ1v) is 6.02. The molecule has 0 saturated heterocycles. The van der Waals surface area contributed by atoms with Crippen molar-refractivity contribution in [3.63, 3.8) is 0 Å². The van der Waals surface area contributed by atoms with Crippen LogP contribution in [0.5, 0.6) is 11.5 Å². The maximum absolute atomic E-state index is 13.4. The maximum atomic E-state index is 13.4. The van der Waals surface area contributed by atoms with Gasteiger partial charge in [-0.05, 0) is 61.3 Å². The van der Waals surface area contributed by atoms with E-state index in [4.69, 9.17) is 10.5 Å². The largest absolute Gasteiger partial charge is 0.457 e. The molecule has 2 aromatic carbocycles. The summed E-state index contributed by atoms with van der Waals surface area (Å²) in [5.74, 6) is 0.188. The summed E-state index contributed by atoms with van der Waals surface area (Å²) in [5.41, 5.74) is 6.70. The monoisotopic (exact) mass is 263 g/mol. The number of nitrogens with two attached hydrogens (primary N) is 1. The minimum absolute atomic E-state index is 0.296. The quantitative estimate of drug-likeness (QED) is 0.915. The third-order valence-corrected chi connectivity index (χ3v) is 2.73. The molecule has 0 saturated carbocycles. The van der Waals surface area contributed by atoms with Crippen LogP contribution in [0.25, 0.3) is 0 Å². The molecule has 0 fully saturated rings. The van der Waals surface area contributed by atoms with Crippen LogP contribution in [0.4, 0.5) is 8.78 Å². The lowest BCUT2D eigenvalue weighted by Gasteiger charge is -2.09. The Morgan fingerprint density at radius 1 is 1.05 bits per heavy atom. The summed E-state index contributed by atoms with van der Waals surface area (Å²) in [5, 5.41) is 0. The third-order valence-electron chi connectivity index (χ3n) is 2.73. The molecular weight excluding hydrogens is 248 g/mol. The lowest BCUT2D eigenvalue weighted by Crippen LogP contribution is -2.03. The Labute approximate surface area is 110 Å². The summed E-state index contributed by atoms with van der Waals surface area (Å²) in [6.45, 7) is 2.09. The number of ether oxygens (including phenoxy) is 1. The second-order valence-electron chi connectivity index (χ2n) is 4.35. The molecular formula is C15H15F2NO. The van der Waals surface area contributed by atoms with Gasteiger partial charge in [0.15, 0.2) is 0 Å². The predicted octanol–water partition coefficient (Wildman–Crippen LogP) is 3.57. The number of hydrogen-bond acceptors (Lipinski definition) is 2. The van der Waals surface area contributed by atoms with Crippen molar-refractivity contribution in [2.45, 2.75) is 13.3 Å². The van der Waals surface area contributed by atoms with Gasteiger partial charge in [-0.15, -0.1) is 0 Å². The van der Waals surface area contributed by atoms with Crippen molar-refractivity contribution in [1.82, 2.24) is 0 Å². The van der Waals surface area contributed by atoms with Crippen molar-refractivity contribution in [2.24, 2.45) is 5.73 Å². The molecule has 2 rings (SSSR count). The van der Waals surface area contributed by atoms with Gasteiger partial charge in [-0.3, -0.25) is 0 Å². The van der Waals surface area contributed by atoms with Crippen LogP contribution < -0.4 is 10.5 Å². The molecule has 0 atom stereocenters. The lowest BCUT2D eigenvalue weighted by molar-refractivity contribution is 0.473. The van der Waals surface area contributed by atoms with Crippen LogP contribution in [0.15, 0.2) is 36.4 Å². The Morgan fingerprint density at radius 2 is 1.84 bits per heavy atom. The van der Waals surface area contributed by atoms with Crippen molar-refractivity contribution < 1.29 is 13.5 Å². The zero-order chi connectivity index (χ0) is 13.8. The van der Waals surface area contributed by atoms with Gasteiger partial charge in [-0.25, -0.2) is 8.78 Å². The second-order valence-corrected chi connectivity index (χ2v) is 4.35. The van der Waals surface area contributed by atoms with E-state index in [-0.39, 0.29) is 11.6 Å². The highest BCUT2D eigenvalue weighted by atomic mass is 19.1. The van der Waals surface area contributed by atoms with Gasteiger partial charge in [0.05, 0.1) is 0 Å². The van der Waals surface area contributed by atoms with E-state index >= 15 is 0 Å². The molecule has 100 valence electrons. The SMILES string of the molecule is Cc1cc(Oc2cc(F)cc(CCN)c2)ccc1F. The van der Waals surface area contributed by atoms with E-state index in [1.807, 2.05) is 0 Å². The number of rotatable bonds is 4. The smallest absolute Gasteiger partial charge is 0.130 e. The fraction of sp³-hybridized carbons (Fsp3) is 0.200. The summed E-state index contributed by atoms with van der Waals surface area (Å²) in [4.78, 5) is 0. The first-order valence-electron chi connectivity index (χ1n) is 6.02. The number of benzene rings is 2. The normalized spacial score (nSPS) is 10.5. The second kappa shape index (κ2) is 5.80. The molecule has 0 aliphatic rings. The molecule has 0 radical (unpaired) electrons. The van der Waals surface area contributed by atoms with Gasteiger partial charge in [-0.1, -0.05) is 0 Å². The molecule has 4 heteroatoms. The average Bonchev–Trinajstić information content (AvgIpc) is 2.33. The van der Waals surface area contributed by atoms with E-state index in [2.05, 4.69) is 0 Å². The van der Waals surface area contributed by atoms with E-state index in [1.165, 1.54) is 24.3 Å². The summed E-state index contributed by atoms with van der Waals surface area (Å²) in [7, 11) is 0. The van der Waals surface area contributed by atoms with Crippen molar-refractivity contribution in [2.75, 3.05) is 6.54 Å². The Kier molecular flexibility index (Phi) is 4.12. The molecule has 0 spiro atoms. The van der Waals surface area contributed by atoms with E-state index in [1.54, 1.807) is 19.1 Å². The van der Waals surface area contributed by atoms with Crippen LogP contribution in [0, 0.1) is 18.6 Å². The van der Waals surface area contributed by atoms with Crippen LogP contribution >= 0.6 is 0 Å². The van der Waals surface area contributed by atoms with Gasteiger partial charge in [0.2, 0.25) is 0 Å². The number of hydrogen-bond donors (Lipinski definition) is 1. The van der Waals surface area contributed by atoms with Crippen LogP contribution in [0.1, 0.15) is 11.1 Å². The summed E-state index contributed by atoms with van der Waals surface area (Å²) in [6.07, 6.45) is 0.580. The average molecular weight is 263 g/mol. The highest BCUT2D eigenvalue weighted by Crippen LogP contribution is 2.25. The zero-order valence-electron chi connectivity index (χ0n) is 10.6. The molecule has 0 bridgehead atoms. The molecule has 0 aromatic heterocycles. The van der Waals surface area contributed by atoms with Gasteiger partial charge in [0.25, 0.3) is 0 Å². The molecule has 2 nitrogen and oxygen atoms in total. The number of halogens is 2. The Morgan fingerprint density at radius 3 is 2.53 bits per heavy atom. The lowest BCUT2D eigenvalue weighted by atomic mass is 10.1. The highest BCUT2D eigenvalue weighted by Gasteiger charge is 2.05. The fourth-order valence-corrected chi connectivity index (χ4v) is 1.81. The van der Waals surface area contributed by atoms with Crippen molar-refractivity contribution in [1.29, 1.82) is 0 Å². The van der Waals surface area contributed by atoms with Crippen LogP contribution in [-0.2, 0) is 6.42 Å². The predicted molar refractivity (Wildman–Crippen MR) is 70.4 cm³/mol. The summed E-state index contributed by atoms with van der Waals surface area (Å²) >= 11 is 0. The highest BCUT2D eigenvalue weighted by molar-refractivity contribution is 5.36. The van der Waals surface area contributed by atoms with E-state index < -0.39 is 0 Å². The third kappa shape index (κ3) is 3.51. The van der Waals surface area contributed by atoms with E-state index in [0.717, 1.165) is 5.56 Å². The van der Waals surface area contributed by atoms with Crippen LogP contribution in [0.2, 0.25) is 0 Å². The zero-order valence-corrected chi connectivity index (χ0v) is 10.6. The van der Waals surface area contributed by atoms with Crippen molar-refractivity contribution in [3.05, 3.63) is 59.2 Å². The fourth-order valence-electron chi connectivity index (χ4n) is 1.81. The van der Waals surface area contributed by atoms with E-state index in [9.17, 15) is 8.78 Å². The van der Waals surface area contributed by atoms with Crippen LogP contribution in [-0.4, -0.2) is 6.54 Å². The van der Waals surface area contributed by atoms with E-state index in [0.29, 0.717) is 30.0 Å². The van der Waals surface area contributed by atoms with Gasteiger partial charge in [-0.2, -0.15) is 0 Å². The molecule has 0 aliphatic heterocycles. The molecule has 2 N–H and O–H groups in total. The Balaban J connectivity index is 2.24. The standard InChI is InChI=1S/C15H15F2NO/c1-10-6-13(2-3-15(10)17)19-14-8-11(4-5-18)7-12(16)9-14/h2-3,6-9H,4-5,18H2,1H3. The maximum Gasteiger partial charge on any atom is 0.130 e. The molecule has 2 aromatic rings. The molecule has 19 heavy (non-hydrogen) atoms. The van der Waals surface area contributed by atoms with Gasteiger partial charge < -0.3 is 10.5 Å². The van der Waals surface area contributed by atoms with Gasteiger partial charge in [0, 0.05) is 6.07 Å². The molecule has 0 heterocycles. The minimum atomic E-state index is -0.375. The summed E-state index contributed by atoms with van der Waals surface area (Å²) in [6, 6.07) is 8.85. The van der Waals surface area contributed by atoms with Gasteiger partial charge in [0.1, 0.15) is 23.1 Å². The first-order chi connectivity index (χ1) is 9.08. The van der Waals surface area contributed by atoms with Crippen molar-refractivity contribution >= 4 is 0 Å². The number of aryl methyl sites for hydroxylation is 1. The molecule has 0 unspecified atom stereocenters. The van der Waals surface area contributed by atoms with Crippen LogP contribution in [0.3, 0.4) is 0 Å². The topological polar surface area (TPSA) is 35.2 Å².